The van der Waals surface area contributed by atoms with Crippen LogP contribution in [-0.4, -0.2) is 57.1 Å². The smallest absolute Gasteiger partial charge is 0.319 e. The van der Waals surface area contributed by atoms with Crippen LogP contribution in [0.1, 0.15) is 44.5 Å². The van der Waals surface area contributed by atoms with Crippen LogP contribution in [0.3, 0.4) is 0 Å². The molecule has 0 bridgehead atoms. The number of aryl methyl sites for hydroxylation is 2. The van der Waals surface area contributed by atoms with Crippen molar-refractivity contribution in [1.82, 2.24) is 19.9 Å². The fourth-order valence-corrected chi connectivity index (χ4v) is 5.23. The summed E-state index contributed by atoms with van der Waals surface area (Å²) in [5.41, 5.74) is 2.69. The summed E-state index contributed by atoms with van der Waals surface area (Å²) >= 11 is 0. The van der Waals surface area contributed by atoms with Crippen molar-refractivity contribution < 1.29 is 17.6 Å². The van der Waals surface area contributed by atoms with Gasteiger partial charge in [0.15, 0.2) is 0 Å². The highest BCUT2D eigenvalue weighted by Crippen LogP contribution is 2.20. The Labute approximate surface area is 207 Å². The number of sulfonamides is 1. The second-order valence-corrected chi connectivity index (χ2v) is 10.6. The zero-order valence-electron chi connectivity index (χ0n) is 20.5. The molecule has 8 nitrogen and oxygen atoms in total. The molecule has 1 fully saturated rings. The molecule has 0 unspecified atom stereocenters. The van der Waals surface area contributed by atoms with Gasteiger partial charge in [0, 0.05) is 36.7 Å². The van der Waals surface area contributed by atoms with E-state index in [1.54, 1.807) is 0 Å². The van der Waals surface area contributed by atoms with E-state index in [1.807, 2.05) is 26.0 Å². The number of benzene rings is 1. The number of rotatable bonds is 11. The second-order valence-electron chi connectivity index (χ2n) is 8.85. The van der Waals surface area contributed by atoms with Crippen LogP contribution in [0.25, 0.3) is 0 Å². The molecule has 3 rings (SSSR count). The van der Waals surface area contributed by atoms with Crippen molar-refractivity contribution in [3.8, 4) is 0 Å². The van der Waals surface area contributed by atoms with Gasteiger partial charge < -0.3 is 15.5 Å². The number of hydrogen-bond acceptors (Lipinski definition) is 5. The van der Waals surface area contributed by atoms with E-state index in [9.17, 15) is 17.6 Å². The normalized spacial score (nSPS) is 15.2. The van der Waals surface area contributed by atoms with Crippen molar-refractivity contribution in [1.29, 1.82) is 0 Å². The zero-order valence-corrected chi connectivity index (χ0v) is 21.3. The van der Waals surface area contributed by atoms with Gasteiger partial charge in [-0.15, -0.1) is 0 Å². The van der Waals surface area contributed by atoms with Gasteiger partial charge in [0.05, 0.1) is 4.90 Å². The zero-order chi connectivity index (χ0) is 25.3. The number of carbonyl (C=O) groups excluding carboxylic acids is 1. The Morgan fingerprint density at radius 3 is 2.29 bits per heavy atom. The van der Waals surface area contributed by atoms with Crippen LogP contribution in [0.5, 0.6) is 0 Å². The number of carbonyl (C=O) groups is 1. The molecule has 10 heteroatoms. The first-order chi connectivity index (χ1) is 16.8. The summed E-state index contributed by atoms with van der Waals surface area (Å²) in [7, 11) is -3.62. The van der Waals surface area contributed by atoms with E-state index >= 15 is 0 Å². The number of hydrogen-bond donors (Lipinski definition) is 3. The Hall–Kier alpha value is -2.56. The maximum absolute atomic E-state index is 13.0. The number of likely N-dealkylation sites (tertiary alicyclic amines) is 1. The van der Waals surface area contributed by atoms with E-state index in [0.717, 1.165) is 80.9 Å². The van der Waals surface area contributed by atoms with Crippen LogP contribution < -0.4 is 15.4 Å². The molecular formula is C25H36FN5O3S. The Morgan fingerprint density at radius 2 is 1.69 bits per heavy atom. The average Bonchev–Trinajstić information content (AvgIpc) is 2.85. The molecule has 1 saturated heterocycles. The fourth-order valence-electron chi connectivity index (χ4n) is 4.18. The summed E-state index contributed by atoms with van der Waals surface area (Å²) in [6.07, 6.45) is 4.38. The predicted octanol–water partition coefficient (Wildman–Crippen LogP) is 3.55. The maximum Gasteiger partial charge on any atom is 0.319 e. The van der Waals surface area contributed by atoms with Gasteiger partial charge >= 0.3 is 6.03 Å². The third kappa shape index (κ3) is 8.55. The molecule has 1 aliphatic rings. The standard InChI is InChI=1S/C25H36FN5O3S/c1-3-21-17-23(18-22(4-2)29-21)30-25(32)27-13-16-31-14-10-19(11-15-31)9-12-28-35(33,34)24-7-5-20(26)6-8-24/h5-8,17-19,28H,3-4,9-16H2,1-2H3,(H2,27,29,30,32). The highest BCUT2D eigenvalue weighted by molar-refractivity contribution is 7.89. The number of amides is 2. The minimum atomic E-state index is -3.62. The van der Waals surface area contributed by atoms with E-state index < -0.39 is 15.8 Å². The molecule has 3 N–H and O–H groups in total. The van der Waals surface area contributed by atoms with Crippen LogP contribution in [0.15, 0.2) is 41.3 Å². The molecular weight excluding hydrogens is 469 g/mol. The molecule has 2 amide bonds. The number of aromatic nitrogens is 1. The highest BCUT2D eigenvalue weighted by Gasteiger charge is 2.20. The number of pyridine rings is 1. The lowest BCUT2D eigenvalue weighted by Crippen LogP contribution is -2.41. The predicted molar refractivity (Wildman–Crippen MR) is 135 cm³/mol. The first kappa shape index (κ1) is 27.0. The first-order valence-corrected chi connectivity index (χ1v) is 13.8. The first-order valence-electron chi connectivity index (χ1n) is 12.3. The molecule has 0 saturated carbocycles. The fraction of sp³-hybridized carbons (Fsp3) is 0.520. The summed E-state index contributed by atoms with van der Waals surface area (Å²) in [6.45, 7) is 7.61. The topological polar surface area (TPSA) is 103 Å². The summed E-state index contributed by atoms with van der Waals surface area (Å²) in [5, 5.41) is 5.83. The Morgan fingerprint density at radius 1 is 1.06 bits per heavy atom. The summed E-state index contributed by atoms with van der Waals surface area (Å²) in [5.74, 6) is -0.0120. The van der Waals surface area contributed by atoms with Crippen LogP contribution in [0.2, 0.25) is 0 Å². The number of nitrogens with one attached hydrogen (secondary N) is 3. The van der Waals surface area contributed by atoms with Gasteiger partial charge in [0.25, 0.3) is 0 Å². The SMILES string of the molecule is CCc1cc(NC(=O)NCCN2CCC(CCNS(=O)(=O)c3ccc(F)cc3)CC2)cc(CC)n1. The van der Waals surface area contributed by atoms with E-state index in [1.165, 1.54) is 12.1 Å². The largest absolute Gasteiger partial charge is 0.337 e. The van der Waals surface area contributed by atoms with Crippen LogP contribution in [-0.2, 0) is 22.9 Å². The van der Waals surface area contributed by atoms with Gasteiger partial charge in [-0.1, -0.05) is 13.8 Å². The number of anilines is 1. The molecule has 35 heavy (non-hydrogen) atoms. The van der Waals surface area contributed by atoms with E-state index in [0.29, 0.717) is 19.0 Å². The molecule has 0 spiro atoms. The van der Waals surface area contributed by atoms with E-state index in [-0.39, 0.29) is 10.9 Å². The summed E-state index contributed by atoms with van der Waals surface area (Å²) in [4.78, 5) is 19.2. The Bertz CT molecular complexity index is 1050. The summed E-state index contributed by atoms with van der Waals surface area (Å²) in [6, 6.07) is 8.42. The lowest BCUT2D eigenvalue weighted by molar-refractivity contribution is 0.180. The van der Waals surface area contributed by atoms with Gasteiger partial charge in [-0.3, -0.25) is 4.98 Å². The van der Waals surface area contributed by atoms with Gasteiger partial charge in [-0.25, -0.2) is 22.3 Å². The third-order valence-corrected chi connectivity index (χ3v) is 7.78. The number of halogens is 1. The molecule has 192 valence electrons. The number of nitrogens with zero attached hydrogens (tertiary/aromatic N) is 2. The average molecular weight is 506 g/mol. The quantitative estimate of drug-likeness (QED) is 0.433. The van der Waals surface area contributed by atoms with E-state index in [4.69, 9.17) is 0 Å². The van der Waals surface area contributed by atoms with Crippen LogP contribution in [0, 0.1) is 11.7 Å². The lowest BCUT2D eigenvalue weighted by atomic mass is 9.94. The molecule has 2 aromatic rings. The minimum absolute atomic E-state index is 0.0748. The Kier molecular flexibility index (Phi) is 10.00. The molecule has 1 aromatic carbocycles. The lowest BCUT2D eigenvalue weighted by Gasteiger charge is -2.32. The molecule has 0 radical (unpaired) electrons. The van der Waals surface area contributed by atoms with Gasteiger partial charge in [0.1, 0.15) is 5.82 Å². The molecule has 1 aromatic heterocycles. The van der Waals surface area contributed by atoms with Crippen molar-refractivity contribution >= 4 is 21.7 Å². The number of urea groups is 1. The minimum Gasteiger partial charge on any atom is -0.337 e. The van der Waals surface area contributed by atoms with Crippen molar-refractivity contribution in [2.24, 2.45) is 5.92 Å². The highest BCUT2D eigenvalue weighted by atomic mass is 32.2. The molecule has 2 heterocycles. The second kappa shape index (κ2) is 12.9. The van der Waals surface area contributed by atoms with Crippen molar-refractivity contribution in [2.75, 3.05) is 38.0 Å². The Balaban J connectivity index is 1.32. The van der Waals surface area contributed by atoms with Crippen molar-refractivity contribution in [3.05, 3.63) is 53.6 Å². The van der Waals surface area contributed by atoms with Crippen molar-refractivity contribution in [3.63, 3.8) is 0 Å². The van der Waals surface area contributed by atoms with Crippen molar-refractivity contribution in [2.45, 2.75) is 50.8 Å². The van der Waals surface area contributed by atoms with Gasteiger partial charge in [-0.2, -0.15) is 0 Å². The number of piperidine rings is 1. The maximum atomic E-state index is 13.0. The van der Waals surface area contributed by atoms with Crippen LogP contribution in [0.4, 0.5) is 14.9 Å². The molecule has 0 aliphatic carbocycles. The summed E-state index contributed by atoms with van der Waals surface area (Å²) < 4.78 is 40.2. The molecule has 1 aliphatic heterocycles. The third-order valence-electron chi connectivity index (χ3n) is 6.30. The monoisotopic (exact) mass is 505 g/mol. The van der Waals surface area contributed by atoms with Gasteiger partial charge in [0.2, 0.25) is 10.0 Å². The van der Waals surface area contributed by atoms with Gasteiger partial charge in [-0.05, 0) is 87.5 Å². The van der Waals surface area contributed by atoms with Crippen LogP contribution >= 0.6 is 0 Å². The molecule has 0 atom stereocenters. The van der Waals surface area contributed by atoms with E-state index in [2.05, 4.69) is 25.2 Å².